The molecule has 0 aliphatic carbocycles. The van der Waals surface area contributed by atoms with Crippen LogP contribution in [0.3, 0.4) is 0 Å². The first-order valence-corrected chi connectivity index (χ1v) is 5.39. The van der Waals surface area contributed by atoms with Gasteiger partial charge in [0.25, 0.3) is 0 Å². The van der Waals surface area contributed by atoms with Gasteiger partial charge in [0.15, 0.2) is 0 Å². The normalized spacial score (nSPS) is 14.1. The van der Waals surface area contributed by atoms with Gasteiger partial charge in [-0.2, -0.15) is 0 Å². The number of hydrogen-bond acceptors (Lipinski definition) is 2. The molecule has 0 aliphatic rings. The molecule has 2 heteroatoms. The van der Waals surface area contributed by atoms with Crippen molar-refractivity contribution in [3.8, 4) is 0 Å². The van der Waals surface area contributed by atoms with Crippen molar-refractivity contribution in [3.63, 3.8) is 0 Å². The number of hydrogen-bond donors (Lipinski definition) is 1. The summed E-state index contributed by atoms with van der Waals surface area (Å²) < 4.78 is 0. The van der Waals surface area contributed by atoms with Crippen LogP contribution in [0.15, 0.2) is 0 Å². The minimum absolute atomic E-state index is 0.140. The molecule has 0 saturated carbocycles. The van der Waals surface area contributed by atoms with Crippen LogP contribution < -0.4 is 0 Å². The Balaban J connectivity index is 3.25. The second kappa shape index (κ2) is 7.34. The minimum Gasteiger partial charge on any atom is -0.393 e. The van der Waals surface area contributed by atoms with Gasteiger partial charge < -0.3 is 10.0 Å². The summed E-state index contributed by atoms with van der Waals surface area (Å²) in [5.74, 6) is 0.791. The van der Waals surface area contributed by atoms with Gasteiger partial charge in [0.1, 0.15) is 0 Å². The lowest BCUT2D eigenvalue weighted by Gasteiger charge is -2.17. The van der Waals surface area contributed by atoms with Gasteiger partial charge in [-0.05, 0) is 52.2 Å². The van der Waals surface area contributed by atoms with Gasteiger partial charge in [-0.3, -0.25) is 0 Å². The van der Waals surface area contributed by atoms with E-state index in [0.717, 1.165) is 25.3 Å². The van der Waals surface area contributed by atoms with Gasteiger partial charge in [-0.15, -0.1) is 0 Å². The highest BCUT2D eigenvalue weighted by molar-refractivity contribution is 4.56. The summed E-state index contributed by atoms with van der Waals surface area (Å²) in [5, 5.41) is 9.06. The van der Waals surface area contributed by atoms with E-state index in [1.807, 2.05) is 6.92 Å². The van der Waals surface area contributed by atoms with E-state index >= 15 is 0 Å². The van der Waals surface area contributed by atoms with E-state index in [9.17, 15) is 0 Å². The van der Waals surface area contributed by atoms with E-state index in [1.54, 1.807) is 0 Å². The topological polar surface area (TPSA) is 23.5 Å². The Hall–Kier alpha value is -0.0800. The summed E-state index contributed by atoms with van der Waals surface area (Å²) in [4.78, 5) is 2.35. The van der Waals surface area contributed by atoms with Gasteiger partial charge in [-0.1, -0.05) is 13.8 Å². The van der Waals surface area contributed by atoms with Crippen molar-refractivity contribution in [3.05, 3.63) is 0 Å². The molecule has 0 radical (unpaired) electrons. The maximum Gasteiger partial charge on any atom is 0.0512 e. The average Bonchev–Trinajstić information content (AvgIpc) is 2.00. The van der Waals surface area contributed by atoms with Crippen LogP contribution in [0, 0.1) is 5.92 Å². The third-order valence-electron chi connectivity index (χ3n) is 2.25. The summed E-state index contributed by atoms with van der Waals surface area (Å²) in [6.45, 7) is 8.65. The third kappa shape index (κ3) is 9.84. The van der Waals surface area contributed by atoms with E-state index < -0.39 is 0 Å². The molecule has 0 bridgehead atoms. The molecule has 0 aromatic heterocycles. The van der Waals surface area contributed by atoms with Crippen molar-refractivity contribution in [2.24, 2.45) is 5.92 Å². The molecule has 1 atom stereocenters. The second-order valence-electron chi connectivity index (χ2n) is 4.48. The summed E-state index contributed by atoms with van der Waals surface area (Å²) in [5.41, 5.74) is 0. The fraction of sp³-hybridized carbons (Fsp3) is 1.00. The van der Waals surface area contributed by atoms with Crippen molar-refractivity contribution in [1.82, 2.24) is 4.90 Å². The molecule has 0 rings (SSSR count). The predicted molar refractivity (Wildman–Crippen MR) is 57.9 cm³/mol. The Morgan fingerprint density at radius 3 is 2.15 bits per heavy atom. The molecule has 1 N–H and O–H groups in total. The van der Waals surface area contributed by atoms with E-state index in [2.05, 4.69) is 25.8 Å². The molecule has 0 spiro atoms. The Morgan fingerprint density at radius 1 is 1.08 bits per heavy atom. The summed E-state index contributed by atoms with van der Waals surface area (Å²) >= 11 is 0. The first kappa shape index (κ1) is 12.9. The largest absolute Gasteiger partial charge is 0.393 e. The van der Waals surface area contributed by atoms with Crippen LogP contribution in [0.2, 0.25) is 0 Å². The van der Waals surface area contributed by atoms with Crippen molar-refractivity contribution >= 4 is 0 Å². The van der Waals surface area contributed by atoms with Crippen molar-refractivity contribution in [1.29, 1.82) is 0 Å². The molecule has 2 nitrogen and oxygen atoms in total. The summed E-state index contributed by atoms with van der Waals surface area (Å²) in [7, 11) is 2.16. The minimum atomic E-state index is -0.140. The van der Waals surface area contributed by atoms with Crippen molar-refractivity contribution in [2.75, 3.05) is 20.1 Å². The monoisotopic (exact) mass is 187 g/mol. The van der Waals surface area contributed by atoms with Gasteiger partial charge in [0.2, 0.25) is 0 Å². The molecule has 0 aliphatic heterocycles. The molecule has 0 heterocycles. The molecular weight excluding hydrogens is 162 g/mol. The maximum atomic E-state index is 9.06. The molecule has 1 unspecified atom stereocenters. The Labute approximate surface area is 82.9 Å². The molecule has 0 saturated heterocycles. The molecule has 0 aromatic carbocycles. The highest BCUT2D eigenvalue weighted by Crippen LogP contribution is 2.02. The average molecular weight is 187 g/mol. The zero-order valence-corrected chi connectivity index (χ0v) is 9.58. The fourth-order valence-corrected chi connectivity index (χ4v) is 1.25. The van der Waals surface area contributed by atoms with Crippen molar-refractivity contribution in [2.45, 2.75) is 46.1 Å². The zero-order chi connectivity index (χ0) is 10.3. The first-order chi connectivity index (χ1) is 6.02. The highest BCUT2D eigenvalue weighted by atomic mass is 16.3. The number of rotatable bonds is 7. The Morgan fingerprint density at radius 2 is 1.69 bits per heavy atom. The van der Waals surface area contributed by atoms with Crippen LogP contribution in [0.5, 0.6) is 0 Å². The van der Waals surface area contributed by atoms with E-state index in [4.69, 9.17) is 5.11 Å². The van der Waals surface area contributed by atoms with Crippen LogP contribution in [0.25, 0.3) is 0 Å². The van der Waals surface area contributed by atoms with Crippen LogP contribution in [-0.2, 0) is 0 Å². The van der Waals surface area contributed by atoms with Crippen LogP contribution in [0.1, 0.15) is 40.0 Å². The van der Waals surface area contributed by atoms with Gasteiger partial charge >= 0.3 is 0 Å². The summed E-state index contributed by atoms with van der Waals surface area (Å²) in [6.07, 6.45) is 3.15. The Kier molecular flexibility index (Phi) is 7.29. The van der Waals surface area contributed by atoms with Gasteiger partial charge in [-0.25, -0.2) is 0 Å². The van der Waals surface area contributed by atoms with Gasteiger partial charge in [0, 0.05) is 0 Å². The zero-order valence-electron chi connectivity index (χ0n) is 9.58. The maximum absolute atomic E-state index is 9.06. The van der Waals surface area contributed by atoms with Crippen LogP contribution in [-0.4, -0.2) is 36.2 Å². The Bertz CT molecular complexity index is 113. The molecule has 0 fully saturated rings. The lowest BCUT2D eigenvalue weighted by atomic mass is 10.1. The molecular formula is C11H25NO. The first-order valence-electron chi connectivity index (χ1n) is 5.39. The lowest BCUT2D eigenvalue weighted by Crippen LogP contribution is -2.22. The molecule has 0 amide bonds. The fourth-order valence-electron chi connectivity index (χ4n) is 1.25. The SMILES string of the molecule is CC(C)CCN(C)CCCC(C)O. The quantitative estimate of drug-likeness (QED) is 0.660. The van der Waals surface area contributed by atoms with Crippen molar-refractivity contribution < 1.29 is 5.11 Å². The third-order valence-corrected chi connectivity index (χ3v) is 2.25. The van der Waals surface area contributed by atoms with E-state index in [-0.39, 0.29) is 6.10 Å². The smallest absolute Gasteiger partial charge is 0.0512 e. The van der Waals surface area contributed by atoms with Crippen LogP contribution >= 0.6 is 0 Å². The highest BCUT2D eigenvalue weighted by Gasteiger charge is 2.01. The number of aliphatic hydroxyl groups excluding tert-OH is 1. The number of aliphatic hydroxyl groups is 1. The molecule has 13 heavy (non-hydrogen) atoms. The van der Waals surface area contributed by atoms with Gasteiger partial charge in [0.05, 0.1) is 6.10 Å². The lowest BCUT2D eigenvalue weighted by molar-refractivity contribution is 0.174. The predicted octanol–water partition coefficient (Wildman–Crippen LogP) is 2.13. The van der Waals surface area contributed by atoms with E-state index in [0.29, 0.717) is 0 Å². The van der Waals surface area contributed by atoms with Crippen LogP contribution in [0.4, 0.5) is 0 Å². The van der Waals surface area contributed by atoms with E-state index in [1.165, 1.54) is 13.0 Å². The molecule has 80 valence electrons. The number of nitrogens with zero attached hydrogens (tertiary/aromatic N) is 1. The molecule has 0 aromatic rings. The standard InChI is InChI=1S/C11H25NO/c1-10(2)7-9-12(4)8-5-6-11(3)13/h10-11,13H,5-9H2,1-4H3. The summed E-state index contributed by atoms with van der Waals surface area (Å²) in [6, 6.07) is 0. The second-order valence-corrected chi connectivity index (χ2v) is 4.48.